The fourth-order valence-corrected chi connectivity index (χ4v) is 2.99. The van der Waals surface area contributed by atoms with E-state index in [0.29, 0.717) is 23.9 Å². The first-order chi connectivity index (χ1) is 10.1. The van der Waals surface area contributed by atoms with Crippen molar-refractivity contribution in [3.8, 4) is 5.88 Å². The van der Waals surface area contributed by atoms with Gasteiger partial charge in [-0.25, -0.2) is 14.8 Å². The van der Waals surface area contributed by atoms with Gasteiger partial charge < -0.3 is 9.47 Å². The summed E-state index contributed by atoms with van der Waals surface area (Å²) in [6.07, 6.45) is 6.57. The first-order valence-corrected chi connectivity index (χ1v) is 7.16. The van der Waals surface area contributed by atoms with Crippen molar-refractivity contribution in [2.24, 2.45) is 0 Å². The van der Waals surface area contributed by atoms with Crippen LogP contribution in [0.5, 0.6) is 5.88 Å². The number of hydrogen-bond acceptors (Lipinski definition) is 5. The van der Waals surface area contributed by atoms with Crippen LogP contribution in [-0.2, 0) is 4.74 Å². The molecule has 0 N–H and O–H groups in total. The minimum absolute atomic E-state index is 0.0128. The van der Waals surface area contributed by atoms with E-state index in [1.54, 1.807) is 4.90 Å². The highest BCUT2D eigenvalue weighted by Crippen LogP contribution is 2.33. The van der Waals surface area contributed by atoms with Gasteiger partial charge in [0.15, 0.2) is 0 Å². The standard InChI is InChI=1S/C14H16ClN3O3/c1-8-12(15)16-7-17-13(8)21-11-5-9-3-4-10(6-11)18(9)14(19)20-2/h3-4,7,9-11H,5-6H2,1-2H3/t9-,10?,11+/m0/s1. The van der Waals surface area contributed by atoms with Crippen LogP contribution in [0.25, 0.3) is 0 Å². The first kappa shape index (κ1) is 14.1. The van der Waals surface area contributed by atoms with E-state index in [1.807, 2.05) is 19.1 Å². The van der Waals surface area contributed by atoms with E-state index in [2.05, 4.69) is 9.97 Å². The third-order valence-electron chi connectivity index (χ3n) is 3.92. The topological polar surface area (TPSA) is 64.5 Å². The molecule has 3 rings (SSSR count). The lowest BCUT2D eigenvalue weighted by Crippen LogP contribution is -2.50. The molecule has 1 amide bonds. The number of methoxy groups -OCH3 is 1. The molecule has 3 atom stereocenters. The second kappa shape index (κ2) is 5.52. The van der Waals surface area contributed by atoms with Crippen LogP contribution < -0.4 is 4.74 Å². The van der Waals surface area contributed by atoms with Crippen molar-refractivity contribution in [3.05, 3.63) is 29.2 Å². The predicted molar refractivity (Wildman–Crippen MR) is 76.4 cm³/mol. The Kier molecular flexibility index (Phi) is 3.71. The number of ether oxygens (including phenoxy) is 2. The smallest absolute Gasteiger partial charge is 0.410 e. The molecule has 1 unspecified atom stereocenters. The van der Waals surface area contributed by atoms with Crippen LogP contribution in [0.2, 0.25) is 5.15 Å². The van der Waals surface area contributed by atoms with E-state index >= 15 is 0 Å². The normalized spacial score (nSPS) is 26.8. The van der Waals surface area contributed by atoms with Gasteiger partial charge in [0.05, 0.1) is 19.2 Å². The quantitative estimate of drug-likeness (QED) is 0.620. The van der Waals surface area contributed by atoms with Gasteiger partial charge >= 0.3 is 6.09 Å². The van der Waals surface area contributed by atoms with Crippen LogP contribution in [0.4, 0.5) is 4.79 Å². The second-order valence-corrected chi connectivity index (χ2v) is 5.56. The van der Waals surface area contributed by atoms with Gasteiger partial charge in [-0.05, 0) is 6.92 Å². The second-order valence-electron chi connectivity index (χ2n) is 5.20. The molecule has 7 heteroatoms. The Hall–Kier alpha value is -1.82. The monoisotopic (exact) mass is 309 g/mol. The Balaban J connectivity index is 1.71. The van der Waals surface area contributed by atoms with Crippen molar-refractivity contribution >= 4 is 17.7 Å². The third-order valence-corrected chi connectivity index (χ3v) is 4.30. The van der Waals surface area contributed by atoms with E-state index in [9.17, 15) is 4.79 Å². The number of carbonyl (C=O) groups is 1. The van der Waals surface area contributed by atoms with Crippen LogP contribution in [-0.4, -0.2) is 46.3 Å². The number of amides is 1. The van der Waals surface area contributed by atoms with Gasteiger partial charge in [0.1, 0.15) is 17.6 Å². The molecule has 6 nitrogen and oxygen atoms in total. The lowest BCUT2D eigenvalue weighted by molar-refractivity contribution is 0.0466. The summed E-state index contributed by atoms with van der Waals surface area (Å²) in [5.74, 6) is 0.505. The molecule has 0 saturated carbocycles. The van der Waals surface area contributed by atoms with E-state index in [4.69, 9.17) is 21.1 Å². The van der Waals surface area contributed by atoms with Gasteiger partial charge in [0, 0.05) is 18.4 Å². The molecule has 1 saturated heterocycles. The van der Waals surface area contributed by atoms with Crippen LogP contribution in [0.15, 0.2) is 18.5 Å². The van der Waals surface area contributed by atoms with Crippen molar-refractivity contribution in [3.63, 3.8) is 0 Å². The third kappa shape index (κ3) is 2.55. The van der Waals surface area contributed by atoms with Gasteiger partial charge in [0.25, 0.3) is 0 Å². The van der Waals surface area contributed by atoms with Crippen LogP contribution in [0.3, 0.4) is 0 Å². The summed E-state index contributed by atoms with van der Waals surface area (Å²) >= 11 is 5.97. The number of rotatable bonds is 2. The summed E-state index contributed by atoms with van der Waals surface area (Å²) in [6.45, 7) is 1.83. The summed E-state index contributed by atoms with van der Waals surface area (Å²) in [6, 6.07) is 0.0256. The zero-order valence-electron chi connectivity index (χ0n) is 11.8. The number of hydrogen-bond donors (Lipinski definition) is 0. The maximum atomic E-state index is 11.8. The summed E-state index contributed by atoms with van der Waals surface area (Å²) in [7, 11) is 1.40. The van der Waals surface area contributed by atoms with Crippen molar-refractivity contribution < 1.29 is 14.3 Å². The van der Waals surface area contributed by atoms with E-state index in [-0.39, 0.29) is 24.3 Å². The van der Waals surface area contributed by atoms with Crippen molar-refractivity contribution in [2.45, 2.75) is 38.0 Å². The van der Waals surface area contributed by atoms with Crippen molar-refractivity contribution in [1.29, 1.82) is 0 Å². The number of piperidine rings is 1. The summed E-state index contributed by atoms with van der Waals surface area (Å²) in [5.41, 5.74) is 0.731. The molecule has 1 aromatic heterocycles. The number of halogens is 1. The summed E-state index contributed by atoms with van der Waals surface area (Å²) < 4.78 is 10.8. The lowest BCUT2D eigenvalue weighted by atomic mass is 9.99. The average molecular weight is 310 g/mol. The molecule has 1 fully saturated rings. The predicted octanol–water partition coefficient (Wildman–Crippen LogP) is 2.36. The zero-order chi connectivity index (χ0) is 15.0. The maximum Gasteiger partial charge on any atom is 0.410 e. The van der Waals surface area contributed by atoms with Gasteiger partial charge in [-0.1, -0.05) is 23.8 Å². The van der Waals surface area contributed by atoms with Crippen molar-refractivity contribution in [1.82, 2.24) is 14.9 Å². The fraction of sp³-hybridized carbons (Fsp3) is 0.500. The molecular weight excluding hydrogens is 294 g/mol. The highest BCUT2D eigenvalue weighted by atomic mass is 35.5. The average Bonchev–Trinajstić information content (AvgIpc) is 2.74. The maximum absolute atomic E-state index is 11.8. The SMILES string of the molecule is COC(=O)N1C2C=C[C@H]1C[C@@H](Oc1ncnc(Cl)c1C)C2. The van der Waals surface area contributed by atoms with Crippen LogP contribution in [0.1, 0.15) is 18.4 Å². The Bertz CT molecular complexity index is 577. The molecule has 0 aromatic carbocycles. The number of fused-ring (bicyclic) bond motifs is 2. The van der Waals surface area contributed by atoms with Crippen molar-refractivity contribution in [2.75, 3.05) is 7.11 Å². The van der Waals surface area contributed by atoms with Gasteiger partial charge in [-0.2, -0.15) is 0 Å². The molecule has 0 spiro atoms. The molecule has 2 aliphatic heterocycles. The highest BCUT2D eigenvalue weighted by molar-refractivity contribution is 6.30. The fourth-order valence-electron chi connectivity index (χ4n) is 2.87. The summed E-state index contributed by atoms with van der Waals surface area (Å²) in [5, 5.41) is 0.396. The Labute approximate surface area is 127 Å². The lowest BCUT2D eigenvalue weighted by Gasteiger charge is -2.37. The molecule has 21 heavy (non-hydrogen) atoms. The Morgan fingerprint density at radius 1 is 1.33 bits per heavy atom. The Morgan fingerprint density at radius 3 is 2.62 bits per heavy atom. The number of nitrogens with zero attached hydrogens (tertiary/aromatic N) is 3. The molecular formula is C14H16ClN3O3. The molecule has 112 valence electrons. The van der Waals surface area contributed by atoms with Gasteiger partial charge in [-0.15, -0.1) is 0 Å². The van der Waals surface area contributed by atoms with Crippen LogP contribution >= 0.6 is 11.6 Å². The minimum atomic E-state index is -0.297. The molecule has 3 heterocycles. The van der Waals surface area contributed by atoms with Gasteiger partial charge in [0.2, 0.25) is 5.88 Å². The molecule has 0 aliphatic carbocycles. The Morgan fingerprint density at radius 2 is 2.00 bits per heavy atom. The van der Waals surface area contributed by atoms with E-state index < -0.39 is 0 Å². The van der Waals surface area contributed by atoms with Gasteiger partial charge in [-0.3, -0.25) is 4.90 Å². The largest absolute Gasteiger partial charge is 0.474 e. The first-order valence-electron chi connectivity index (χ1n) is 6.78. The molecule has 2 bridgehead atoms. The van der Waals surface area contributed by atoms with E-state index in [0.717, 1.165) is 5.56 Å². The highest BCUT2D eigenvalue weighted by Gasteiger charge is 2.41. The number of carbonyl (C=O) groups excluding carboxylic acids is 1. The zero-order valence-corrected chi connectivity index (χ0v) is 12.6. The number of aromatic nitrogens is 2. The molecule has 2 aliphatic rings. The van der Waals surface area contributed by atoms with Crippen LogP contribution in [0, 0.1) is 6.92 Å². The minimum Gasteiger partial charge on any atom is -0.474 e. The molecule has 1 aromatic rings. The molecule has 0 radical (unpaired) electrons. The van der Waals surface area contributed by atoms with E-state index in [1.165, 1.54) is 13.4 Å². The summed E-state index contributed by atoms with van der Waals surface area (Å²) in [4.78, 5) is 21.6.